The van der Waals surface area contributed by atoms with Gasteiger partial charge in [-0.25, -0.2) is 9.18 Å². The number of aromatic carboxylic acids is 1. The van der Waals surface area contributed by atoms with Gasteiger partial charge in [-0.1, -0.05) is 12.5 Å². The van der Waals surface area contributed by atoms with Gasteiger partial charge < -0.3 is 15.1 Å². The highest BCUT2D eigenvalue weighted by molar-refractivity contribution is 8.00. The van der Waals surface area contributed by atoms with Gasteiger partial charge in [0.1, 0.15) is 5.82 Å². The molecule has 1 saturated heterocycles. The summed E-state index contributed by atoms with van der Waals surface area (Å²) in [6.07, 6.45) is -0.0890. The molecule has 166 valence electrons. The molecule has 2 aromatic rings. The lowest BCUT2D eigenvalue weighted by Crippen LogP contribution is -2.27. The summed E-state index contributed by atoms with van der Waals surface area (Å²) in [6.45, 7) is 0.788. The molecular formula is C22H22F4N2O2S. The van der Waals surface area contributed by atoms with Crippen molar-refractivity contribution in [2.75, 3.05) is 11.3 Å². The third-order valence-corrected chi connectivity index (χ3v) is 6.54. The zero-order chi connectivity index (χ0) is 22.2. The molecule has 1 saturated carbocycles. The van der Waals surface area contributed by atoms with E-state index in [-0.39, 0.29) is 17.5 Å². The van der Waals surface area contributed by atoms with Crippen LogP contribution >= 0.6 is 11.9 Å². The Labute approximate surface area is 181 Å². The maximum atomic E-state index is 14.6. The van der Waals surface area contributed by atoms with Gasteiger partial charge in [0, 0.05) is 22.2 Å². The van der Waals surface area contributed by atoms with E-state index in [0.29, 0.717) is 21.7 Å². The Morgan fingerprint density at radius 3 is 2.52 bits per heavy atom. The Hall–Kier alpha value is -2.26. The van der Waals surface area contributed by atoms with Crippen LogP contribution in [0.4, 0.5) is 23.2 Å². The Balaban J connectivity index is 1.68. The number of hydrogen-bond donors (Lipinski definition) is 3. The molecule has 3 N–H and O–H groups in total. The van der Waals surface area contributed by atoms with Crippen LogP contribution in [0.3, 0.4) is 0 Å². The largest absolute Gasteiger partial charge is 0.478 e. The molecule has 1 aliphatic carbocycles. The minimum Gasteiger partial charge on any atom is -0.478 e. The van der Waals surface area contributed by atoms with Crippen LogP contribution in [0.5, 0.6) is 0 Å². The van der Waals surface area contributed by atoms with Crippen molar-refractivity contribution in [3.05, 3.63) is 58.4 Å². The lowest BCUT2D eigenvalue weighted by molar-refractivity contribution is -0.137. The standard InChI is InChI=1S/C22H22F4N2O2S/c23-16-9-13(21(29)30)10-19(20(16)12-4-5-12)31-28-18-11-14(22(24,25)26)6-7-15(18)17-3-1-2-8-27-17/h6-7,9-12,17,27-28H,1-5,8H2,(H,29,30). The topological polar surface area (TPSA) is 61.4 Å². The monoisotopic (exact) mass is 454 g/mol. The van der Waals surface area contributed by atoms with Crippen molar-refractivity contribution in [3.8, 4) is 0 Å². The Kier molecular flexibility index (Phi) is 6.16. The van der Waals surface area contributed by atoms with Gasteiger partial charge in [0.2, 0.25) is 0 Å². The number of halogens is 4. The Bertz CT molecular complexity index is 986. The van der Waals surface area contributed by atoms with E-state index in [4.69, 9.17) is 0 Å². The fraction of sp³-hybridized carbons (Fsp3) is 0.409. The molecular weight excluding hydrogens is 432 g/mol. The highest BCUT2D eigenvalue weighted by Crippen LogP contribution is 2.46. The van der Waals surface area contributed by atoms with E-state index in [1.54, 1.807) is 0 Å². The third kappa shape index (κ3) is 4.98. The SMILES string of the molecule is O=C(O)c1cc(F)c(C2CC2)c(SNc2cc(C(F)(F)F)ccc2C2CCCCN2)c1. The molecule has 4 rings (SSSR count). The van der Waals surface area contributed by atoms with Crippen molar-refractivity contribution in [3.63, 3.8) is 0 Å². The van der Waals surface area contributed by atoms with Crippen molar-refractivity contribution < 1.29 is 27.5 Å². The molecule has 31 heavy (non-hydrogen) atoms. The summed E-state index contributed by atoms with van der Waals surface area (Å²) in [5.74, 6) is -1.84. The highest BCUT2D eigenvalue weighted by atomic mass is 32.2. The molecule has 0 aromatic heterocycles. The zero-order valence-electron chi connectivity index (χ0n) is 16.6. The van der Waals surface area contributed by atoms with Gasteiger partial charge in [0.15, 0.2) is 0 Å². The molecule has 4 nitrogen and oxygen atoms in total. The summed E-state index contributed by atoms with van der Waals surface area (Å²) >= 11 is 0.963. The summed E-state index contributed by atoms with van der Waals surface area (Å²) in [5, 5.41) is 12.6. The van der Waals surface area contributed by atoms with E-state index in [0.717, 1.165) is 68.8 Å². The van der Waals surface area contributed by atoms with Crippen molar-refractivity contribution in [2.45, 2.75) is 55.1 Å². The lowest BCUT2D eigenvalue weighted by atomic mass is 9.95. The quantitative estimate of drug-likeness (QED) is 0.351. The van der Waals surface area contributed by atoms with Gasteiger partial charge in [0.05, 0.1) is 11.1 Å². The second-order valence-electron chi connectivity index (χ2n) is 7.96. The minimum atomic E-state index is -4.49. The molecule has 2 aromatic carbocycles. The van der Waals surface area contributed by atoms with Crippen LogP contribution < -0.4 is 10.0 Å². The minimum absolute atomic E-state index is 0.00753. The Morgan fingerprint density at radius 1 is 1.13 bits per heavy atom. The van der Waals surface area contributed by atoms with Crippen LogP contribution in [0, 0.1) is 5.82 Å². The van der Waals surface area contributed by atoms with E-state index in [2.05, 4.69) is 10.0 Å². The molecule has 0 bridgehead atoms. The zero-order valence-corrected chi connectivity index (χ0v) is 17.4. The highest BCUT2D eigenvalue weighted by Gasteiger charge is 2.33. The summed E-state index contributed by atoms with van der Waals surface area (Å²) in [4.78, 5) is 11.8. The predicted molar refractivity (Wildman–Crippen MR) is 111 cm³/mol. The molecule has 0 amide bonds. The van der Waals surface area contributed by atoms with Gasteiger partial charge in [0.25, 0.3) is 0 Å². The molecule has 1 unspecified atom stereocenters. The molecule has 9 heteroatoms. The van der Waals surface area contributed by atoms with Gasteiger partial charge in [-0.15, -0.1) is 0 Å². The molecule has 1 aliphatic heterocycles. The number of nitrogens with one attached hydrogen (secondary N) is 2. The summed E-state index contributed by atoms with van der Waals surface area (Å²) in [6, 6.07) is 5.91. The first-order valence-corrected chi connectivity index (χ1v) is 11.0. The average Bonchev–Trinajstić information content (AvgIpc) is 3.56. The fourth-order valence-corrected chi connectivity index (χ4v) is 4.88. The predicted octanol–water partition coefficient (Wildman–Crippen LogP) is 6.35. The van der Waals surface area contributed by atoms with E-state index in [1.165, 1.54) is 12.1 Å². The molecule has 0 spiro atoms. The maximum Gasteiger partial charge on any atom is 0.416 e. The van der Waals surface area contributed by atoms with Crippen molar-refractivity contribution in [1.29, 1.82) is 0 Å². The number of alkyl halides is 3. The third-order valence-electron chi connectivity index (χ3n) is 5.66. The first-order chi connectivity index (χ1) is 14.7. The van der Waals surface area contributed by atoms with Crippen molar-refractivity contribution in [1.82, 2.24) is 5.32 Å². The number of carboxylic acid groups (broad SMARTS) is 1. The van der Waals surface area contributed by atoms with Gasteiger partial charge in [-0.05, 0) is 79.9 Å². The lowest BCUT2D eigenvalue weighted by Gasteiger charge is -2.27. The number of carboxylic acids is 1. The molecule has 0 radical (unpaired) electrons. The summed E-state index contributed by atoms with van der Waals surface area (Å²) < 4.78 is 57.5. The number of anilines is 1. The smallest absolute Gasteiger partial charge is 0.416 e. The normalized spacial score (nSPS) is 19.3. The molecule has 2 fully saturated rings. The maximum absolute atomic E-state index is 14.6. The average molecular weight is 454 g/mol. The van der Waals surface area contributed by atoms with E-state index >= 15 is 0 Å². The van der Waals surface area contributed by atoms with Crippen LogP contribution in [0.15, 0.2) is 35.2 Å². The van der Waals surface area contributed by atoms with E-state index in [9.17, 15) is 27.5 Å². The van der Waals surface area contributed by atoms with E-state index in [1.807, 2.05) is 0 Å². The molecule has 1 heterocycles. The number of rotatable bonds is 6. The first kappa shape index (κ1) is 22.0. The first-order valence-electron chi connectivity index (χ1n) is 10.2. The van der Waals surface area contributed by atoms with Gasteiger partial charge in [-0.3, -0.25) is 0 Å². The van der Waals surface area contributed by atoms with Gasteiger partial charge in [-0.2, -0.15) is 13.2 Å². The van der Waals surface area contributed by atoms with E-state index < -0.39 is 23.5 Å². The molecule has 1 atom stereocenters. The van der Waals surface area contributed by atoms with Crippen molar-refractivity contribution >= 4 is 23.6 Å². The van der Waals surface area contributed by atoms with Gasteiger partial charge >= 0.3 is 12.1 Å². The second kappa shape index (κ2) is 8.70. The number of piperidine rings is 1. The number of carbonyl (C=O) groups is 1. The van der Waals surface area contributed by atoms with Crippen LogP contribution in [0.25, 0.3) is 0 Å². The summed E-state index contributed by atoms with van der Waals surface area (Å²) in [5.41, 5.74) is 0.462. The molecule has 2 aliphatic rings. The fourth-order valence-electron chi connectivity index (χ4n) is 3.92. The van der Waals surface area contributed by atoms with Crippen LogP contribution in [-0.2, 0) is 6.18 Å². The Morgan fingerprint density at radius 2 is 1.90 bits per heavy atom. The number of benzene rings is 2. The van der Waals surface area contributed by atoms with Crippen LogP contribution in [0.1, 0.15) is 71.1 Å². The summed E-state index contributed by atoms with van der Waals surface area (Å²) in [7, 11) is 0. The second-order valence-corrected chi connectivity index (χ2v) is 8.80. The van der Waals surface area contributed by atoms with Crippen molar-refractivity contribution in [2.24, 2.45) is 0 Å². The van der Waals surface area contributed by atoms with Crippen LogP contribution in [-0.4, -0.2) is 17.6 Å². The van der Waals surface area contributed by atoms with Crippen LogP contribution in [0.2, 0.25) is 0 Å². The number of hydrogen-bond acceptors (Lipinski definition) is 4.